The molecule has 2 atom stereocenters. The predicted molar refractivity (Wildman–Crippen MR) is 56.9 cm³/mol. The predicted octanol–water partition coefficient (Wildman–Crippen LogP) is 1.89. The largest absolute Gasteiger partial charge is 0.390 e. The van der Waals surface area contributed by atoms with Gasteiger partial charge in [-0.2, -0.15) is 0 Å². The maximum absolute atomic E-state index is 13.3. The van der Waals surface area contributed by atoms with Crippen molar-refractivity contribution in [1.82, 2.24) is 0 Å². The Hall–Kier alpha value is -1.00. The van der Waals surface area contributed by atoms with Crippen LogP contribution in [0, 0.1) is 17.6 Å². The Morgan fingerprint density at radius 1 is 1.19 bits per heavy atom. The third-order valence-electron chi connectivity index (χ3n) is 2.54. The molecule has 0 bridgehead atoms. The summed E-state index contributed by atoms with van der Waals surface area (Å²) >= 11 is 0. The molecule has 2 nitrogen and oxygen atoms in total. The minimum atomic E-state index is -1.09. The first-order chi connectivity index (χ1) is 7.43. The number of aliphatic hydroxyl groups excluding tert-OH is 2. The molecule has 0 fully saturated rings. The Kier molecular flexibility index (Phi) is 4.38. The fourth-order valence-electron chi connectivity index (χ4n) is 1.50. The molecule has 0 aliphatic rings. The molecule has 0 amide bonds. The van der Waals surface area contributed by atoms with Crippen molar-refractivity contribution >= 4 is 0 Å². The summed E-state index contributed by atoms with van der Waals surface area (Å²) in [5.74, 6) is -2.03. The van der Waals surface area contributed by atoms with E-state index in [0.29, 0.717) is 0 Å². The zero-order valence-electron chi connectivity index (χ0n) is 9.32. The number of hydrogen-bond acceptors (Lipinski definition) is 2. The number of halogens is 2. The van der Waals surface area contributed by atoms with Crippen LogP contribution in [-0.4, -0.2) is 22.4 Å². The molecule has 1 aromatic carbocycles. The van der Waals surface area contributed by atoms with Gasteiger partial charge in [-0.1, -0.05) is 26.0 Å². The van der Waals surface area contributed by atoms with Crippen LogP contribution in [0.5, 0.6) is 0 Å². The van der Waals surface area contributed by atoms with Crippen LogP contribution in [-0.2, 0) is 6.42 Å². The summed E-state index contributed by atoms with van der Waals surface area (Å²) < 4.78 is 26.1. The van der Waals surface area contributed by atoms with Crippen molar-refractivity contribution in [2.75, 3.05) is 0 Å². The molecule has 2 unspecified atom stereocenters. The van der Waals surface area contributed by atoms with Crippen LogP contribution in [0.1, 0.15) is 19.4 Å². The quantitative estimate of drug-likeness (QED) is 0.829. The van der Waals surface area contributed by atoms with Crippen molar-refractivity contribution in [2.24, 2.45) is 5.92 Å². The SMILES string of the molecule is CC(C)C(O)C(O)Cc1cccc(F)c1F. The summed E-state index contributed by atoms with van der Waals surface area (Å²) in [6.07, 6.45) is -2.12. The molecule has 90 valence electrons. The van der Waals surface area contributed by atoms with E-state index in [2.05, 4.69) is 0 Å². The van der Waals surface area contributed by atoms with Gasteiger partial charge in [0.05, 0.1) is 12.2 Å². The summed E-state index contributed by atoms with van der Waals surface area (Å²) in [5, 5.41) is 19.2. The second-order valence-electron chi connectivity index (χ2n) is 4.22. The highest BCUT2D eigenvalue weighted by atomic mass is 19.2. The minimum Gasteiger partial charge on any atom is -0.390 e. The Bertz CT molecular complexity index is 353. The van der Waals surface area contributed by atoms with E-state index in [1.165, 1.54) is 12.1 Å². The topological polar surface area (TPSA) is 40.5 Å². The second kappa shape index (κ2) is 5.37. The third-order valence-corrected chi connectivity index (χ3v) is 2.54. The zero-order valence-corrected chi connectivity index (χ0v) is 9.32. The van der Waals surface area contributed by atoms with Gasteiger partial charge in [-0.25, -0.2) is 8.78 Å². The van der Waals surface area contributed by atoms with Crippen molar-refractivity contribution < 1.29 is 19.0 Å². The molecule has 0 aliphatic carbocycles. The lowest BCUT2D eigenvalue weighted by molar-refractivity contribution is -0.00774. The number of rotatable bonds is 4. The van der Waals surface area contributed by atoms with Crippen LogP contribution in [0.3, 0.4) is 0 Å². The summed E-state index contributed by atoms with van der Waals surface area (Å²) in [5.41, 5.74) is 0.0761. The summed E-state index contributed by atoms with van der Waals surface area (Å²) in [7, 11) is 0. The molecule has 16 heavy (non-hydrogen) atoms. The van der Waals surface area contributed by atoms with Gasteiger partial charge in [-0.3, -0.25) is 0 Å². The molecule has 1 rings (SSSR count). The average Bonchev–Trinajstić information content (AvgIpc) is 2.23. The standard InChI is InChI=1S/C12H16F2O2/c1-7(2)12(16)10(15)6-8-4-3-5-9(13)11(8)14/h3-5,7,10,12,15-16H,6H2,1-2H3. The van der Waals surface area contributed by atoms with Crippen molar-refractivity contribution in [1.29, 1.82) is 0 Å². The fourth-order valence-corrected chi connectivity index (χ4v) is 1.50. The fraction of sp³-hybridized carbons (Fsp3) is 0.500. The molecule has 2 N–H and O–H groups in total. The van der Waals surface area contributed by atoms with E-state index < -0.39 is 23.8 Å². The number of aliphatic hydroxyl groups is 2. The van der Waals surface area contributed by atoms with E-state index in [1.807, 2.05) is 0 Å². The first-order valence-electron chi connectivity index (χ1n) is 5.22. The van der Waals surface area contributed by atoms with Gasteiger partial charge in [-0.15, -0.1) is 0 Å². The highest BCUT2D eigenvalue weighted by Gasteiger charge is 2.21. The van der Waals surface area contributed by atoms with E-state index in [4.69, 9.17) is 0 Å². The lowest BCUT2D eigenvalue weighted by Gasteiger charge is -2.21. The van der Waals surface area contributed by atoms with E-state index in [-0.39, 0.29) is 17.9 Å². The van der Waals surface area contributed by atoms with Crippen molar-refractivity contribution in [2.45, 2.75) is 32.5 Å². The maximum Gasteiger partial charge on any atom is 0.162 e. The van der Waals surface area contributed by atoms with E-state index in [0.717, 1.165) is 6.07 Å². The molecular formula is C12H16F2O2. The molecule has 0 heterocycles. The van der Waals surface area contributed by atoms with Crippen LogP contribution in [0.25, 0.3) is 0 Å². The maximum atomic E-state index is 13.3. The summed E-state index contributed by atoms with van der Waals surface area (Å²) in [4.78, 5) is 0. The molecular weight excluding hydrogens is 214 g/mol. The Labute approximate surface area is 93.5 Å². The normalized spacial score (nSPS) is 15.2. The number of benzene rings is 1. The molecule has 0 saturated carbocycles. The van der Waals surface area contributed by atoms with E-state index in [9.17, 15) is 19.0 Å². The first-order valence-corrected chi connectivity index (χ1v) is 5.22. The lowest BCUT2D eigenvalue weighted by atomic mass is 9.96. The Morgan fingerprint density at radius 2 is 1.81 bits per heavy atom. The third kappa shape index (κ3) is 3.00. The van der Waals surface area contributed by atoms with E-state index in [1.54, 1.807) is 13.8 Å². The first kappa shape index (κ1) is 13.1. The van der Waals surface area contributed by atoms with Gasteiger partial charge in [0, 0.05) is 6.42 Å². The Morgan fingerprint density at radius 3 is 2.38 bits per heavy atom. The van der Waals surface area contributed by atoms with Crippen LogP contribution < -0.4 is 0 Å². The number of hydrogen-bond donors (Lipinski definition) is 2. The molecule has 0 aliphatic heterocycles. The molecule has 0 saturated heterocycles. The molecule has 4 heteroatoms. The molecule has 1 aromatic rings. The van der Waals surface area contributed by atoms with Gasteiger partial charge < -0.3 is 10.2 Å². The second-order valence-corrected chi connectivity index (χ2v) is 4.22. The summed E-state index contributed by atoms with van der Waals surface area (Å²) in [6.45, 7) is 3.49. The van der Waals surface area contributed by atoms with E-state index >= 15 is 0 Å². The van der Waals surface area contributed by atoms with Crippen molar-refractivity contribution in [3.05, 3.63) is 35.4 Å². The lowest BCUT2D eigenvalue weighted by Crippen LogP contribution is -2.32. The Balaban J connectivity index is 2.77. The van der Waals surface area contributed by atoms with Gasteiger partial charge in [0.15, 0.2) is 11.6 Å². The molecule has 0 spiro atoms. The minimum absolute atomic E-state index is 0.0761. The van der Waals surface area contributed by atoms with Crippen molar-refractivity contribution in [3.63, 3.8) is 0 Å². The van der Waals surface area contributed by atoms with Gasteiger partial charge in [0.2, 0.25) is 0 Å². The highest BCUT2D eigenvalue weighted by molar-refractivity contribution is 5.19. The van der Waals surface area contributed by atoms with Gasteiger partial charge in [-0.05, 0) is 17.5 Å². The van der Waals surface area contributed by atoms with Gasteiger partial charge in [0.25, 0.3) is 0 Å². The average molecular weight is 230 g/mol. The van der Waals surface area contributed by atoms with Crippen LogP contribution in [0.2, 0.25) is 0 Å². The van der Waals surface area contributed by atoms with Gasteiger partial charge >= 0.3 is 0 Å². The monoisotopic (exact) mass is 230 g/mol. The molecule has 0 aromatic heterocycles. The zero-order chi connectivity index (χ0) is 12.3. The van der Waals surface area contributed by atoms with Crippen LogP contribution in [0.15, 0.2) is 18.2 Å². The van der Waals surface area contributed by atoms with Crippen molar-refractivity contribution in [3.8, 4) is 0 Å². The highest BCUT2D eigenvalue weighted by Crippen LogP contribution is 2.16. The van der Waals surface area contributed by atoms with Crippen LogP contribution >= 0.6 is 0 Å². The van der Waals surface area contributed by atoms with Crippen LogP contribution in [0.4, 0.5) is 8.78 Å². The molecule has 0 radical (unpaired) electrons. The smallest absolute Gasteiger partial charge is 0.162 e. The van der Waals surface area contributed by atoms with Gasteiger partial charge in [0.1, 0.15) is 0 Å². The summed E-state index contributed by atoms with van der Waals surface area (Å²) in [6, 6.07) is 3.79.